The van der Waals surface area contributed by atoms with Crippen molar-refractivity contribution in [3.05, 3.63) is 79.8 Å². The zero-order valence-corrected chi connectivity index (χ0v) is 19.3. The number of ether oxygens (including phenoxy) is 1. The topological polar surface area (TPSA) is 103 Å². The Balaban J connectivity index is 1.73. The number of hydrogen-bond donors (Lipinski definition) is 1. The summed E-state index contributed by atoms with van der Waals surface area (Å²) in [5.41, 5.74) is 0.288. The van der Waals surface area contributed by atoms with Crippen molar-refractivity contribution in [3.63, 3.8) is 0 Å². The predicted octanol–water partition coefficient (Wildman–Crippen LogP) is 3.26. The zero-order valence-electron chi connectivity index (χ0n) is 18.5. The molecule has 9 nitrogen and oxygen atoms in total. The van der Waals surface area contributed by atoms with Crippen molar-refractivity contribution in [2.24, 2.45) is 9.98 Å². The Kier molecular flexibility index (Phi) is 6.87. The van der Waals surface area contributed by atoms with Gasteiger partial charge in [0.05, 0.1) is 31.4 Å². The first kappa shape index (κ1) is 23.4. The third-order valence-electron chi connectivity index (χ3n) is 4.89. The fourth-order valence-corrected chi connectivity index (χ4v) is 3.44. The Bertz CT molecular complexity index is 1380. The Labute approximate surface area is 199 Å². The normalized spacial score (nSPS) is 12.8. The molecule has 3 aromatic rings. The second-order valence-electron chi connectivity index (χ2n) is 7.89. The molecular formula is C23H22ClFN6O3. The van der Waals surface area contributed by atoms with Gasteiger partial charge < -0.3 is 10.1 Å². The molecule has 0 saturated carbocycles. The molecule has 1 N–H and O–H groups in total. The summed E-state index contributed by atoms with van der Waals surface area (Å²) in [4.78, 5) is 38.2. The van der Waals surface area contributed by atoms with Crippen LogP contribution in [0, 0.1) is 5.82 Å². The van der Waals surface area contributed by atoms with E-state index in [9.17, 15) is 14.0 Å². The number of rotatable bonds is 8. The molecule has 2 heterocycles. The van der Waals surface area contributed by atoms with Gasteiger partial charge in [0, 0.05) is 16.8 Å². The zero-order chi connectivity index (χ0) is 24.2. The van der Waals surface area contributed by atoms with Crippen LogP contribution in [0.4, 0.5) is 16.0 Å². The third kappa shape index (κ3) is 5.40. The summed E-state index contributed by atoms with van der Waals surface area (Å²) < 4.78 is 22.2. The fourth-order valence-electron chi connectivity index (χ4n) is 3.32. The van der Waals surface area contributed by atoms with E-state index in [1.807, 2.05) is 0 Å². The van der Waals surface area contributed by atoms with Gasteiger partial charge >= 0.3 is 11.4 Å². The number of hydrogen-bond acceptors (Lipinski definition) is 7. The SMILES string of the molecule is CC(C)Oc1ccc(Nc2nc(=O)n(CC3=NC=NC3)c(=O)n2Cc2ccc(Cl)cc2)cc1F. The number of aliphatic imine (C=N–C) groups is 2. The maximum atomic E-state index is 14.5. The fraction of sp³-hybridized carbons (Fsp3) is 0.261. The van der Waals surface area contributed by atoms with E-state index < -0.39 is 17.2 Å². The van der Waals surface area contributed by atoms with Crippen molar-refractivity contribution in [1.29, 1.82) is 0 Å². The van der Waals surface area contributed by atoms with Crippen molar-refractivity contribution >= 4 is 35.3 Å². The number of anilines is 2. The molecule has 1 aliphatic heterocycles. The summed E-state index contributed by atoms with van der Waals surface area (Å²) in [6.45, 7) is 3.98. The van der Waals surface area contributed by atoms with Gasteiger partial charge in [-0.25, -0.2) is 23.5 Å². The number of benzene rings is 2. The smallest absolute Gasteiger partial charge is 0.355 e. The van der Waals surface area contributed by atoms with Gasteiger partial charge in [-0.3, -0.25) is 9.56 Å². The van der Waals surface area contributed by atoms with Crippen molar-refractivity contribution in [2.45, 2.75) is 33.0 Å². The lowest BCUT2D eigenvalue weighted by Crippen LogP contribution is -2.44. The van der Waals surface area contributed by atoms with E-state index in [0.717, 1.165) is 10.1 Å². The Morgan fingerprint density at radius 1 is 1.12 bits per heavy atom. The van der Waals surface area contributed by atoms with Crippen molar-refractivity contribution in [2.75, 3.05) is 11.9 Å². The number of nitrogens with zero attached hydrogens (tertiary/aromatic N) is 5. The van der Waals surface area contributed by atoms with Crippen LogP contribution in [-0.2, 0) is 13.1 Å². The molecular weight excluding hydrogens is 463 g/mol. The molecule has 0 spiro atoms. The number of aromatic nitrogens is 3. The molecule has 0 amide bonds. The highest BCUT2D eigenvalue weighted by Gasteiger charge is 2.17. The molecule has 2 aromatic carbocycles. The highest BCUT2D eigenvalue weighted by molar-refractivity contribution is 6.30. The minimum Gasteiger partial charge on any atom is -0.488 e. The summed E-state index contributed by atoms with van der Waals surface area (Å²) in [5.74, 6) is -0.511. The average Bonchev–Trinajstić information content (AvgIpc) is 3.30. The van der Waals surface area contributed by atoms with E-state index in [1.54, 1.807) is 44.2 Å². The summed E-state index contributed by atoms with van der Waals surface area (Å²) in [6, 6.07) is 11.2. The minimum atomic E-state index is -0.755. The van der Waals surface area contributed by atoms with Gasteiger partial charge in [0.25, 0.3) is 0 Å². The molecule has 0 radical (unpaired) electrons. The summed E-state index contributed by atoms with van der Waals surface area (Å²) in [6.07, 6.45) is 1.19. The van der Waals surface area contributed by atoms with Crippen LogP contribution in [0.25, 0.3) is 0 Å². The van der Waals surface area contributed by atoms with Crippen LogP contribution in [0.1, 0.15) is 19.4 Å². The van der Waals surface area contributed by atoms with Gasteiger partial charge in [-0.15, -0.1) is 0 Å². The molecule has 0 saturated heterocycles. The van der Waals surface area contributed by atoms with Gasteiger partial charge in [-0.2, -0.15) is 4.98 Å². The molecule has 0 fully saturated rings. The van der Waals surface area contributed by atoms with Gasteiger partial charge in [0.15, 0.2) is 11.6 Å². The van der Waals surface area contributed by atoms with Gasteiger partial charge in [0.1, 0.15) is 6.34 Å². The van der Waals surface area contributed by atoms with Crippen LogP contribution in [-0.4, -0.2) is 38.8 Å². The van der Waals surface area contributed by atoms with Crippen molar-refractivity contribution < 1.29 is 9.13 Å². The first-order valence-electron chi connectivity index (χ1n) is 10.5. The van der Waals surface area contributed by atoms with E-state index >= 15 is 0 Å². The number of nitrogens with one attached hydrogen (secondary N) is 1. The standard InChI is InChI=1S/C23H22ClFN6O3/c1-14(2)34-20-8-7-17(9-19(20)25)28-21-29-22(32)31(12-18-10-26-13-27-18)23(33)30(21)11-15-3-5-16(24)6-4-15/h3-9,13-14H,10-12H2,1-2H3,(H,28,29,32). The molecule has 0 atom stereocenters. The first-order valence-corrected chi connectivity index (χ1v) is 10.9. The molecule has 34 heavy (non-hydrogen) atoms. The van der Waals surface area contributed by atoms with E-state index in [0.29, 0.717) is 23.0 Å². The Hall–Kier alpha value is -3.79. The molecule has 1 aromatic heterocycles. The Morgan fingerprint density at radius 2 is 1.88 bits per heavy atom. The highest BCUT2D eigenvalue weighted by atomic mass is 35.5. The maximum absolute atomic E-state index is 14.5. The van der Waals surface area contributed by atoms with Crippen LogP contribution in [0.3, 0.4) is 0 Å². The van der Waals surface area contributed by atoms with E-state index in [2.05, 4.69) is 20.3 Å². The van der Waals surface area contributed by atoms with Crippen LogP contribution >= 0.6 is 11.6 Å². The summed E-state index contributed by atoms with van der Waals surface area (Å²) >= 11 is 5.98. The minimum absolute atomic E-state index is 0.0252. The quantitative estimate of drug-likeness (QED) is 0.528. The van der Waals surface area contributed by atoms with Gasteiger partial charge in [-0.05, 0) is 43.7 Å². The molecule has 11 heteroatoms. The third-order valence-corrected chi connectivity index (χ3v) is 5.14. The van der Waals surface area contributed by atoms with Crippen molar-refractivity contribution in [3.8, 4) is 5.75 Å². The van der Waals surface area contributed by atoms with E-state index in [-0.39, 0.29) is 30.9 Å². The largest absolute Gasteiger partial charge is 0.488 e. The van der Waals surface area contributed by atoms with Crippen LogP contribution in [0.15, 0.2) is 62.0 Å². The summed E-state index contributed by atoms with van der Waals surface area (Å²) in [7, 11) is 0. The monoisotopic (exact) mass is 484 g/mol. The number of halogens is 2. The highest BCUT2D eigenvalue weighted by Crippen LogP contribution is 2.24. The van der Waals surface area contributed by atoms with Crippen LogP contribution in [0.2, 0.25) is 5.02 Å². The Morgan fingerprint density at radius 3 is 2.53 bits per heavy atom. The van der Waals surface area contributed by atoms with Crippen LogP contribution in [0.5, 0.6) is 5.75 Å². The molecule has 0 unspecified atom stereocenters. The van der Waals surface area contributed by atoms with Crippen molar-refractivity contribution in [1.82, 2.24) is 14.1 Å². The second-order valence-corrected chi connectivity index (χ2v) is 8.32. The molecule has 4 rings (SSSR count). The molecule has 176 valence electrons. The van der Waals surface area contributed by atoms with E-state index in [1.165, 1.54) is 23.0 Å². The van der Waals surface area contributed by atoms with Gasteiger partial charge in [-0.1, -0.05) is 23.7 Å². The maximum Gasteiger partial charge on any atom is 0.355 e. The van der Waals surface area contributed by atoms with Gasteiger partial charge in [0.2, 0.25) is 5.95 Å². The second kappa shape index (κ2) is 10.0. The van der Waals surface area contributed by atoms with Crippen LogP contribution < -0.4 is 21.4 Å². The lowest BCUT2D eigenvalue weighted by molar-refractivity contribution is 0.231. The molecule has 0 bridgehead atoms. The predicted molar refractivity (Wildman–Crippen MR) is 130 cm³/mol. The summed E-state index contributed by atoms with van der Waals surface area (Å²) in [5, 5.41) is 3.44. The molecule has 0 aliphatic carbocycles. The first-order chi connectivity index (χ1) is 16.3. The average molecular weight is 485 g/mol. The molecule has 1 aliphatic rings. The lowest BCUT2D eigenvalue weighted by atomic mass is 10.2. The van der Waals surface area contributed by atoms with E-state index in [4.69, 9.17) is 16.3 Å². The lowest BCUT2D eigenvalue weighted by Gasteiger charge is -2.16.